The van der Waals surface area contributed by atoms with Crippen molar-refractivity contribution in [3.8, 4) is 11.3 Å². The Balaban J connectivity index is 1.83. The minimum absolute atomic E-state index is 0.0139. The third-order valence-electron chi connectivity index (χ3n) is 3.86. The first kappa shape index (κ1) is 17.5. The topological polar surface area (TPSA) is 88.3 Å². The van der Waals surface area contributed by atoms with Crippen molar-refractivity contribution >= 4 is 11.5 Å². The Morgan fingerprint density at radius 1 is 1.08 bits per heavy atom. The molecule has 2 N–H and O–H groups in total. The second-order valence-electron chi connectivity index (χ2n) is 5.61. The number of aromatic nitrogens is 1. The highest BCUT2D eigenvalue weighted by Gasteiger charge is 2.18. The largest absolute Gasteiger partial charge is 0.386 e. The lowest BCUT2D eigenvalue weighted by Gasteiger charge is -2.14. The average Bonchev–Trinajstić information content (AvgIpc) is 2.67. The third kappa shape index (κ3) is 3.84. The first-order chi connectivity index (χ1) is 12.6. The summed E-state index contributed by atoms with van der Waals surface area (Å²) in [6, 6.07) is 17.6. The first-order valence-electron chi connectivity index (χ1n) is 7.93. The van der Waals surface area contributed by atoms with Crippen LogP contribution in [0.3, 0.4) is 0 Å². The number of nitrogens with one attached hydrogen (secondary N) is 1. The lowest BCUT2D eigenvalue weighted by molar-refractivity contribution is -0.384. The van der Waals surface area contributed by atoms with Gasteiger partial charge in [-0.25, -0.2) is 9.37 Å². The van der Waals surface area contributed by atoms with E-state index in [4.69, 9.17) is 0 Å². The summed E-state index contributed by atoms with van der Waals surface area (Å²) in [6.07, 6.45) is -1.08. The van der Waals surface area contributed by atoms with Crippen LogP contribution in [0.15, 0.2) is 66.7 Å². The van der Waals surface area contributed by atoms with E-state index < -0.39 is 16.8 Å². The smallest absolute Gasteiger partial charge is 0.295 e. The van der Waals surface area contributed by atoms with Crippen LogP contribution < -0.4 is 5.32 Å². The van der Waals surface area contributed by atoms with Crippen LogP contribution in [0.25, 0.3) is 11.3 Å². The van der Waals surface area contributed by atoms with E-state index in [2.05, 4.69) is 10.3 Å². The van der Waals surface area contributed by atoms with Gasteiger partial charge in [0.15, 0.2) is 5.69 Å². The normalized spacial score (nSPS) is 11.8. The molecule has 7 heteroatoms. The van der Waals surface area contributed by atoms with Gasteiger partial charge < -0.3 is 10.4 Å². The number of rotatable bonds is 6. The molecule has 1 heterocycles. The lowest BCUT2D eigenvalue weighted by Crippen LogP contribution is -2.14. The third-order valence-corrected chi connectivity index (χ3v) is 3.86. The Hall–Kier alpha value is -3.32. The van der Waals surface area contributed by atoms with E-state index in [9.17, 15) is 19.6 Å². The highest BCUT2D eigenvalue weighted by molar-refractivity contribution is 5.71. The summed E-state index contributed by atoms with van der Waals surface area (Å²) < 4.78 is 13.7. The number of benzene rings is 2. The standard InChI is InChI=1S/C19H16FN3O3/c20-15-9-5-4-8-14(15)17(24)12-21-18-11-10-16(23(25)26)19(22-18)13-6-2-1-3-7-13/h1-11,17,24H,12H2,(H,21,22). The van der Waals surface area contributed by atoms with E-state index in [1.807, 2.05) is 6.07 Å². The summed E-state index contributed by atoms with van der Waals surface area (Å²) >= 11 is 0. The molecule has 0 spiro atoms. The lowest BCUT2D eigenvalue weighted by atomic mass is 10.1. The first-order valence-corrected chi connectivity index (χ1v) is 7.93. The van der Waals surface area contributed by atoms with Gasteiger partial charge >= 0.3 is 0 Å². The number of nitrogens with zero attached hydrogens (tertiary/aromatic N) is 2. The maximum Gasteiger partial charge on any atom is 0.295 e. The Morgan fingerprint density at radius 3 is 2.46 bits per heavy atom. The zero-order valence-electron chi connectivity index (χ0n) is 13.7. The van der Waals surface area contributed by atoms with Crippen LogP contribution in [0.5, 0.6) is 0 Å². The van der Waals surface area contributed by atoms with Crippen LogP contribution in [0.1, 0.15) is 11.7 Å². The molecule has 0 bridgehead atoms. The van der Waals surface area contributed by atoms with Crippen molar-refractivity contribution < 1.29 is 14.4 Å². The summed E-state index contributed by atoms with van der Waals surface area (Å²) in [6.45, 7) is 0.0139. The predicted molar refractivity (Wildman–Crippen MR) is 96.2 cm³/mol. The number of hydrogen-bond donors (Lipinski definition) is 2. The van der Waals surface area contributed by atoms with Crippen LogP contribution in [0.4, 0.5) is 15.9 Å². The van der Waals surface area contributed by atoms with Gasteiger partial charge in [-0.15, -0.1) is 0 Å². The molecule has 26 heavy (non-hydrogen) atoms. The van der Waals surface area contributed by atoms with Gasteiger partial charge in [-0.2, -0.15) is 0 Å². The van der Waals surface area contributed by atoms with E-state index >= 15 is 0 Å². The van der Waals surface area contributed by atoms with Gasteiger partial charge in [0.2, 0.25) is 0 Å². The molecule has 0 saturated heterocycles. The molecule has 0 aliphatic rings. The molecule has 3 aromatic rings. The number of pyridine rings is 1. The van der Waals surface area contributed by atoms with Crippen LogP contribution >= 0.6 is 0 Å². The monoisotopic (exact) mass is 353 g/mol. The van der Waals surface area contributed by atoms with Gasteiger partial charge in [0, 0.05) is 23.7 Å². The number of aliphatic hydroxyl groups is 1. The number of hydrogen-bond acceptors (Lipinski definition) is 5. The summed E-state index contributed by atoms with van der Waals surface area (Å²) in [4.78, 5) is 15.1. The molecular formula is C19H16FN3O3. The molecule has 3 rings (SSSR count). The van der Waals surface area contributed by atoms with E-state index in [1.165, 1.54) is 24.3 Å². The second-order valence-corrected chi connectivity index (χ2v) is 5.61. The summed E-state index contributed by atoms with van der Waals surface area (Å²) in [5.41, 5.74) is 0.889. The van der Waals surface area contributed by atoms with E-state index in [-0.39, 0.29) is 23.5 Å². The Kier molecular flexibility index (Phi) is 5.19. The van der Waals surface area contributed by atoms with Gasteiger partial charge in [0.05, 0.1) is 11.0 Å². The average molecular weight is 353 g/mol. The molecule has 132 valence electrons. The number of aliphatic hydroxyl groups excluding tert-OH is 1. The molecule has 2 aromatic carbocycles. The predicted octanol–water partition coefficient (Wildman–Crippen LogP) is 3.94. The van der Waals surface area contributed by atoms with E-state index in [1.54, 1.807) is 36.4 Å². The minimum atomic E-state index is -1.08. The summed E-state index contributed by atoms with van der Waals surface area (Å²) in [5.74, 6) is -0.145. The fourth-order valence-electron chi connectivity index (χ4n) is 2.56. The molecule has 0 saturated carbocycles. The van der Waals surface area contributed by atoms with E-state index in [0.29, 0.717) is 11.4 Å². The van der Waals surface area contributed by atoms with Crippen LogP contribution in [-0.4, -0.2) is 21.6 Å². The van der Waals surface area contributed by atoms with Gasteiger partial charge in [0.25, 0.3) is 5.69 Å². The minimum Gasteiger partial charge on any atom is -0.386 e. The number of anilines is 1. The summed E-state index contributed by atoms with van der Waals surface area (Å²) in [7, 11) is 0. The Bertz CT molecular complexity index is 919. The van der Waals surface area contributed by atoms with Crippen molar-refractivity contribution in [3.63, 3.8) is 0 Å². The van der Waals surface area contributed by atoms with Crippen molar-refractivity contribution in [1.82, 2.24) is 4.98 Å². The highest BCUT2D eigenvalue weighted by atomic mass is 19.1. The van der Waals surface area contributed by atoms with Gasteiger partial charge in [0.1, 0.15) is 11.6 Å². The Morgan fingerprint density at radius 2 is 1.77 bits per heavy atom. The summed E-state index contributed by atoms with van der Waals surface area (Å²) in [5, 5.41) is 24.3. The molecule has 0 fully saturated rings. The number of halogens is 1. The molecule has 1 atom stereocenters. The second kappa shape index (κ2) is 7.71. The van der Waals surface area contributed by atoms with Crippen molar-refractivity contribution in [1.29, 1.82) is 0 Å². The highest BCUT2D eigenvalue weighted by Crippen LogP contribution is 2.29. The van der Waals surface area contributed by atoms with E-state index in [0.717, 1.165) is 0 Å². The zero-order chi connectivity index (χ0) is 18.5. The van der Waals surface area contributed by atoms with Crippen molar-refractivity contribution in [2.24, 2.45) is 0 Å². The molecular weight excluding hydrogens is 337 g/mol. The molecule has 1 unspecified atom stereocenters. The Labute approximate surface area is 149 Å². The molecule has 0 radical (unpaired) electrons. The fraction of sp³-hybridized carbons (Fsp3) is 0.105. The van der Waals surface area contributed by atoms with Crippen molar-refractivity contribution in [2.75, 3.05) is 11.9 Å². The van der Waals surface area contributed by atoms with Crippen LogP contribution in [0, 0.1) is 15.9 Å². The zero-order valence-corrected chi connectivity index (χ0v) is 13.7. The number of nitro groups is 1. The quantitative estimate of drug-likeness (QED) is 0.518. The SMILES string of the molecule is O=[N+]([O-])c1ccc(NCC(O)c2ccccc2F)nc1-c1ccccc1. The molecule has 1 aromatic heterocycles. The van der Waals surface area contributed by atoms with Gasteiger partial charge in [-0.3, -0.25) is 10.1 Å². The molecule has 0 amide bonds. The molecule has 6 nitrogen and oxygen atoms in total. The van der Waals surface area contributed by atoms with Gasteiger partial charge in [-0.1, -0.05) is 48.5 Å². The van der Waals surface area contributed by atoms with Crippen molar-refractivity contribution in [3.05, 3.63) is 88.2 Å². The maximum atomic E-state index is 13.7. The van der Waals surface area contributed by atoms with Crippen molar-refractivity contribution in [2.45, 2.75) is 6.10 Å². The molecule has 0 aliphatic heterocycles. The fourth-order valence-corrected chi connectivity index (χ4v) is 2.56. The van der Waals surface area contributed by atoms with Crippen LogP contribution in [0.2, 0.25) is 0 Å². The van der Waals surface area contributed by atoms with Crippen LogP contribution in [-0.2, 0) is 0 Å². The van der Waals surface area contributed by atoms with Gasteiger partial charge in [-0.05, 0) is 12.1 Å². The molecule has 0 aliphatic carbocycles. The maximum absolute atomic E-state index is 13.7.